The van der Waals surface area contributed by atoms with Crippen molar-refractivity contribution >= 4 is 22.7 Å². The maximum atomic E-state index is 9.60. The smallest absolute Gasteiger partial charge is 0.149 e. The second kappa shape index (κ2) is 8.12. The summed E-state index contributed by atoms with van der Waals surface area (Å²) < 4.78 is 5.86. The lowest BCUT2D eigenvalue weighted by atomic mass is 10.1. The van der Waals surface area contributed by atoms with Gasteiger partial charge in [0, 0.05) is 0 Å². The van der Waals surface area contributed by atoms with Crippen LogP contribution in [0.4, 0.5) is 0 Å². The number of aromatic amines is 1. The van der Waals surface area contributed by atoms with Gasteiger partial charge in [-0.15, -0.1) is 0 Å². The van der Waals surface area contributed by atoms with Crippen LogP contribution in [0.25, 0.3) is 22.7 Å². The van der Waals surface area contributed by atoms with Gasteiger partial charge in [-0.3, -0.25) is 0 Å². The molecule has 138 valence electrons. The summed E-state index contributed by atoms with van der Waals surface area (Å²) in [5, 5.41) is 18.6. The molecule has 4 aromatic rings. The third-order valence-corrected chi connectivity index (χ3v) is 4.40. The van der Waals surface area contributed by atoms with Crippen molar-refractivity contribution in [3.63, 3.8) is 0 Å². The third kappa shape index (κ3) is 4.16. The summed E-state index contributed by atoms with van der Waals surface area (Å²) in [5.74, 6) is 1.22. The average molecular weight is 376 g/mol. The minimum absolute atomic E-state index is 0.359. The van der Waals surface area contributed by atoms with Crippen molar-refractivity contribution in [3.8, 4) is 17.9 Å². The highest BCUT2D eigenvalue weighted by atomic mass is 16.5. The lowest BCUT2D eigenvalue weighted by Crippen LogP contribution is -1.96. The van der Waals surface area contributed by atoms with Crippen LogP contribution < -0.4 is 4.74 Å². The van der Waals surface area contributed by atoms with Gasteiger partial charge < -0.3 is 9.72 Å². The Labute approximate surface area is 168 Å². The van der Waals surface area contributed by atoms with Crippen LogP contribution in [0, 0.1) is 22.7 Å². The topological polar surface area (TPSA) is 85.5 Å². The van der Waals surface area contributed by atoms with Crippen molar-refractivity contribution < 1.29 is 4.74 Å². The summed E-state index contributed by atoms with van der Waals surface area (Å²) >= 11 is 0. The lowest BCUT2D eigenvalue weighted by molar-refractivity contribution is 0.306. The molecule has 1 N–H and O–H groups in total. The van der Waals surface area contributed by atoms with E-state index in [0.717, 1.165) is 22.2 Å². The van der Waals surface area contributed by atoms with E-state index < -0.39 is 0 Å². The second-order valence-corrected chi connectivity index (χ2v) is 6.45. The molecule has 5 heteroatoms. The first kappa shape index (κ1) is 18.0. The number of nitrogens with zero attached hydrogens (tertiary/aromatic N) is 3. The maximum absolute atomic E-state index is 9.60. The molecular weight excluding hydrogens is 360 g/mol. The fourth-order valence-corrected chi connectivity index (χ4v) is 2.99. The first-order valence-electron chi connectivity index (χ1n) is 9.04. The molecule has 0 spiro atoms. The maximum Gasteiger partial charge on any atom is 0.149 e. The Morgan fingerprint density at radius 2 is 1.86 bits per heavy atom. The molecular formula is C24H16N4O. The molecule has 0 fully saturated rings. The first-order valence-corrected chi connectivity index (χ1v) is 9.04. The number of allylic oxidation sites excluding steroid dienone is 1. The van der Waals surface area contributed by atoms with Crippen LogP contribution >= 0.6 is 0 Å². The van der Waals surface area contributed by atoms with Gasteiger partial charge in [0.2, 0.25) is 0 Å². The Morgan fingerprint density at radius 1 is 1.00 bits per heavy atom. The highest BCUT2D eigenvalue weighted by Gasteiger charge is 2.08. The average Bonchev–Trinajstić information content (AvgIpc) is 3.20. The molecule has 0 unspecified atom stereocenters. The Bertz CT molecular complexity index is 1250. The molecule has 0 aliphatic rings. The summed E-state index contributed by atoms with van der Waals surface area (Å²) in [7, 11) is 0. The molecule has 5 nitrogen and oxygen atoms in total. The highest BCUT2D eigenvalue weighted by Crippen LogP contribution is 2.22. The SMILES string of the molecule is N#CC(=Cc1cccc(OCc2cccc(C#N)c2)c1)c1nc2ccccc2[nH]1. The monoisotopic (exact) mass is 376 g/mol. The van der Waals surface area contributed by atoms with Crippen molar-refractivity contribution in [1.82, 2.24) is 9.97 Å². The van der Waals surface area contributed by atoms with Crippen LogP contribution in [0.3, 0.4) is 0 Å². The van der Waals surface area contributed by atoms with E-state index in [1.54, 1.807) is 18.2 Å². The van der Waals surface area contributed by atoms with Gasteiger partial charge in [0.15, 0.2) is 0 Å². The van der Waals surface area contributed by atoms with E-state index >= 15 is 0 Å². The van der Waals surface area contributed by atoms with E-state index in [-0.39, 0.29) is 0 Å². The molecule has 29 heavy (non-hydrogen) atoms. The van der Waals surface area contributed by atoms with E-state index in [2.05, 4.69) is 22.1 Å². The number of nitrogens with one attached hydrogen (secondary N) is 1. The number of ether oxygens (including phenoxy) is 1. The molecule has 3 aromatic carbocycles. The van der Waals surface area contributed by atoms with Gasteiger partial charge in [-0.05, 0) is 53.6 Å². The molecule has 0 radical (unpaired) electrons. The van der Waals surface area contributed by atoms with Gasteiger partial charge in [0.05, 0.1) is 28.2 Å². The number of hydrogen-bond acceptors (Lipinski definition) is 4. The number of rotatable bonds is 5. The summed E-state index contributed by atoms with van der Waals surface area (Å²) in [6, 6.07) is 26.8. The zero-order valence-electron chi connectivity index (χ0n) is 15.5. The summed E-state index contributed by atoms with van der Waals surface area (Å²) in [4.78, 5) is 7.67. The first-order chi connectivity index (χ1) is 14.2. The van der Waals surface area contributed by atoms with E-state index in [1.807, 2.05) is 60.7 Å². The van der Waals surface area contributed by atoms with Gasteiger partial charge in [0.1, 0.15) is 24.3 Å². The Hall–Kier alpha value is -4.35. The molecule has 1 heterocycles. The molecule has 0 aliphatic heterocycles. The number of aromatic nitrogens is 2. The number of hydrogen-bond donors (Lipinski definition) is 1. The molecule has 1 aromatic heterocycles. The highest BCUT2D eigenvalue weighted by molar-refractivity contribution is 5.90. The van der Waals surface area contributed by atoms with E-state index in [4.69, 9.17) is 10.00 Å². The lowest BCUT2D eigenvalue weighted by Gasteiger charge is -2.07. The van der Waals surface area contributed by atoms with Crippen molar-refractivity contribution in [2.75, 3.05) is 0 Å². The summed E-state index contributed by atoms with van der Waals surface area (Å²) in [6.07, 6.45) is 1.78. The third-order valence-electron chi connectivity index (χ3n) is 4.40. The normalized spacial score (nSPS) is 11.0. The minimum atomic E-state index is 0.359. The van der Waals surface area contributed by atoms with Gasteiger partial charge in [-0.25, -0.2) is 4.98 Å². The standard InChI is InChI=1S/C24H16N4O/c25-14-18-6-3-7-19(11-18)16-29-21-8-4-5-17(13-21)12-20(15-26)24-27-22-9-1-2-10-23(22)28-24/h1-13H,16H2,(H,27,28). The van der Waals surface area contributed by atoms with Crippen LogP contribution in [0.1, 0.15) is 22.5 Å². The number of para-hydroxylation sites is 2. The number of H-pyrrole nitrogens is 1. The molecule has 0 aliphatic carbocycles. The second-order valence-electron chi connectivity index (χ2n) is 6.45. The van der Waals surface area contributed by atoms with Crippen LogP contribution in [-0.2, 0) is 6.61 Å². The molecule has 0 amide bonds. The number of nitriles is 2. The van der Waals surface area contributed by atoms with Crippen LogP contribution in [-0.4, -0.2) is 9.97 Å². The molecule has 0 saturated heterocycles. The molecule has 0 atom stereocenters. The van der Waals surface area contributed by atoms with E-state index in [9.17, 15) is 5.26 Å². The van der Waals surface area contributed by atoms with Crippen molar-refractivity contribution in [3.05, 3.63) is 95.3 Å². The van der Waals surface area contributed by atoms with Crippen molar-refractivity contribution in [2.24, 2.45) is 0 Å². The predicted molar refractivity (Wildman–Crippen MR) is 112 cm³/mol. The Balaban J connectivity index is 1.55. The zero-order chi connectivity index (χ0) is 20.1. The number of imidazole rings is 1. The largest absolute Gasteiger partial charge is 0.489 e. The molecule has 0 bridgehead atoms. The van der Waals surface area contributed by atoms with Crippen LogP contribution in [0.15, 0.2) is 72.8 Å². The quantitative estimate of drug-likeness (QED) is 0.492. The molecule has 0 saturated carbocycles. The zero-order valence-corrected chi connectivity index (χ0v) is 15.5. The van der Waals surface area contributed by atoms with E-state index in [1.165, 1.54) is 0 Å². The number of fused-ring (bicyclic) bond motifs is 1. The Morgan fingerprint density at radius 3 is 2.69 bits per heavy atom. The van der Waals surface area contributed by atoms with E-state index in [0.29, 0.717) is 29.3 Å². The van der Waals surface area contributed by atoms with Crippen LogP contribution in [0.2, 0.25) is 0 Å². The fraction of sp³-hybridized carbons (Fsp3) is 0.0417. The molecule has 4 rings (SSSR count). The van der Waals surface area contributed by atoms with Gasteiger partial charge in [-0.1, -0.05) is 36.4 Å². The summed E-state index contributed by atoms with van der Waals surface area (Å²) in [6.45, 7) is 0.359. The fourth-order valence-electron chi connectivity index (χ4n) is 2.99. The summed E-state index contributed by atoms with van der Waals surface area (Å²) in [5.41, 5.74) is 4.52. The number of benzene rings is 3. The van der Waals surface area contributed by atoms with Crippen molar-refractivity contribution in [1.29, 1.82) is 10.5 Å². The van der Waals surface area contributed by atoms with Gasteiger partial charge in [-0.2, -0.15) is 10.5 Å². The predicted octanol–water partition coefficient (Wildman–Crippen LogP) is 5.08. The van der Waals surface area contributed by atoms with Gasteiger partial charge in [0.25, 0.3) is 0 Å². The van der Waals surface area contributed by atoms with Gasteiger partial charge >= 0.3 is 0 Å². The van der Waals surface area contributed by atoms with Crippen molar-refractivity contribution in [2.45, 2.75) is 6.61 Å². The minimum Gasteiger partial charge on any atom is -0.489 e. The van der Waals surface area contributed by atoms with Crippen LogP contribution in [0.5, 0.6) is 5.75 Å². The Kier molecular flexibility index (Phi) is 5.05.